The van der Waals surface area contributed by atoms with Crippen molar-refractivity contribution in [2.45, 2.75) is 32.8 Å². The highest BCUT2D eigenvalue weighted by molar-refractivity contribution is 5.38. The summed E-state index contributed by atoms with van der Waals surface area (Å²) < 4.78 is 10.7. The number of hydrogen-bond donors (Lipinski definition) is 1. The fraction of sp³-hybridized carbons (Fsp3) is 0.571. The minimum atomic E-state index is -0.496. The first kappa shape index (κ1) is 14.0. The molecule has 0 radical (unpaired) electrons. The van der Waals surface area contributed by atoms with Gasteiger partial charge in [0.15, 0.2) is 0 Å². The van der Waals surface area contributed by atoms with E-state index in [-0.39, 0.29) is 0 Å². The van der Waals surface area contributed by atoms with E-state index in [9.17, 15) is 5.11 Å². The lowest BCUT2D eigenvalue weighted by atomic mass is 10.1. The van der Waals surface area contributed by atoms with Crippen molar-refractivity contribution in [3.05, 3.63) is 29.3 Å². The lowest BCUT2D eigenvalue weighted by molar-refractivity contribution is 0.178. The van der Waals surface area contributed by atoms with Gasteiger partial charge in [-0.05, 0) is 38.3 Å². The molecule has 0 saturated heterocycles. The van der Waals surface area contributed by atoms with Gasteiger partial charge in [-0.2, -0.15) is 0 Å². The summed E-state index contributed by atoms with van der Waals surface area (Å²) >= 11 is 0. The van der Waals surface area contributed by atoms with Crippen LogP contribution in [0.3, 0.4) is 0 Å². The molecule has 1 aromatic carbocycles. The average molecular weight is 238 g/mol. The molecule has 1 rings (SSSR count). The molecule has 0 aliphatic carbocycles. The highest BCUT2D eigenvalue weighted by atomic mass is 16.5. The van der Waals surface area contributed by atoms with E-state index >= 15 is 0 Å². The van der Waals surface area contributed by atoms with Crippen molar-refractivity contribution in [2.24, 2.45) is 0 Å². The van der Waals surface area contributed by atoms with Gasteiger partial charge in [0.05, 0.1) is 12.7 Å². The van der Waals surface area contributed by atoms with Gasteiger partial charge in [-0.3, -0.25) is 0 Å². The third-order valence-corrected chi connectivity index (χ3v) is 2.62. The summed E-state index contributed by atoms with van der Waals surface area (Å²) in [6.07, 6.45) is 1.46. The maximum Gasteiger partial charge on any atom is 0.125 e. The Labute approximate surface area is 103 Å². The zero-order chi connectivity index (χ0) is 12.7. The molecule has 1 N–H and O–H groups in total. The Morgan fingerprint density at radius 1 is 1.24 bits per heavy atom. The summed E-state index contributed by atoms with van der Waals surface area (Å²) in [4.78, 5) is 0. The van der Waals surface area contributed by atoms with E-state index < -0.39 is 6.10 Å². The van der Waals surface area contributed by atoms with Crippen LogP contribution in [0.1, 0.15) is 37.0 Å². The summed E-state index contributed by atoms with van der Waals surface area (Å²) in [6.45, 7) is 5.19. The van der Waals surface area contributed by atoms with E-state index in [2.05, 4.69) is 0 Å². The lowest BCUT2D eigenvalue weighted by Gasteiger charge is -2.14. The van der Waals surface area contributed by atoms with E-state index in [1.54, 1.807) is 14.0 Å². The standard InChI is InChI=1S/C14H22O3/c1-11-6-7-13(12(2)15)14(10-11)17-9-5-4-8-16-3/h6-7,10,12,15H,4-5,8-9H2,1-3H3/t12-/m0/s1. The molecular formula is C14H22O3. The fourth-order valence-electron chi connectivity index (χ4n) is 1.64. The predicted molar refractivity (Wildman–Crippen MR) is 68.4 cm³/mol. The fourth-order valence-corrected chi connectivity index (χ4v) is 1.64. The van der Waals surface area contributed by atoms with Crippen LogP contribution in [0.4, 0.5) is 0 Å². The van der Waals surface area contributed by atoms with Crippen molar-refractivity contribution in [3.63, 3.8) is 0 Å². The maximum absolute atomic E-state index is 9.64. The molecule has 1 aromatic rings. The molecule has 0 aliphatic rings. The van der Waals surface area contributed by atoms with Crippen molar-refractivity contribution in [1.82, 2.24) is 0 Å². The normalized spacial score (nSPS) is 12.5. The number of benzene rings is 1. The zero-order valence-electron chi connectivity index (χ0n) is 10.9. The Bertz CT molecular complexity index is 334. The number of methoxy groups -OCH3 is 1. The zero-order valence-corrected chi connectivity index (χ0v) is 10.9. The molecule has 0 spiro atoms. The molecule has 0 amide bonds. The quantitative estimate of drug-likeness (QED) is 0.742. The number of unbranched alkanes of at least 4 members (excludes halogenated alkanes) is 1. The second-order valence-electron chi connectivity index (χ2n) is 4.27. The number of hydrogen-bond acceptors (Lipinski definition) is 3. The molecule has 1 atom stereocenters. The molecule has 0 bridgehead atoms. The first-order chi connectivity index (χ1) is 8.15. The van der Waals surface area contributed by atoms with Crippen molar-refractivity contribution < 1.29 is 14.6 Å². The molecule has 17 heavy (non-hydrogen) atoms. The summed E-state index contributed by atoms with van der Waals surface area (Å²) in [5, 5.41) is 9.64. The highest BCUT2D eigenvalue weighted by Crippen LogP contribution is 2.26. The van der Waals surface area contributed by atoms with Crippen LogP contribution in [0, 0.1) is 6.92 Å². The average Bonchev–Trinajstić information content (AvgIpc) is 2.28. The summed E-state index contributed by atoms with van der Waals surface area (Å²) in [7, 11) is 1.70. The van der Waals surface area contributed by atoms with Crippen LogP contribution in [-0.4, -0.2) is 25.4 Å². The van der Waals surface area contributed by atoms with Crippen molar-refractivity contribution in [2.75, 3.05) is 20.3 Å². The third kappa shape index (κ3) is 4.75. The SMILES string of the molecule is COCCCCOc1cc(C)ccc1[C@H](C)O. The Morgan fingerprint density at radius 3 is 2.59 bits per heavy atom. The Kier molecular flexibility index (Phi) is 6.01. The Hall–Kier alpha value is -1.06. The number of rotatable bonds is 7. The van der Waals surface area contributed by atoms with Gasteiger partial charge in [-0.1, -0.05) is 12.1 Å². The van der Waals surface area contributed by atoms with Gasteiger partial charge in [-0.15, -0.1) is 0 Å². The van der Waals surface area contributed by atoms with Gasteiger partial charge in [0.1, 0.15) is 5.75 Å². The van der Waals surface area contributed by atoms with Gasteiger partial charge in [0.25, 0.3) is 0 Å². The molecule has 0 fully saturated rings. The van der Waals surface area contributed by atoms with Gasteiger partial charge in [-0.25, -0.2) is 0 Å². The third-order valence-electron chi connectivity index (χ3n) is 2.62. The second kappa shape index (κ2) is 7.30. The molecule has 3 heteroatoms. The number of aryl methyl sites for hydroxylation is 1. The largest absolute Gasteiger partial charge is 0.493 e. The van der Waals surface area contributed by atoms with Crippen LogP contribution >= 0.6 is 0 Å². The minimum absolute atomic E-state index is 0.496. The molecule has 0 aliphatic heterocycles. The second-order valence-corrected chi connectivity index (χ2v) is 4.27. The van der Waals surface area contributed by atoms with E-state index in [1.165, 1.54) is 0 Å². The van der Waals surface area contributed by atoms with Crippen LogP contribution in [0.5, 0.6) is 5.75 Å². The van der Waals surface area contributed by atoms with Crippen LogP contribution < -0.4 is 4.74 Å². The molecule has 3 nitrogen and oxygen atoms in total. The van der Waals surface area contributed by atoms with Crippen LogP contribution in [0.25, 0.3) is 0 Å². The van der Waals surface area contributed by atoms with Crippen LogP contribution in [0.2, 0.25) is 0 Å². The summed E-state index contributed by atoms with van der Waals surface area (Å²) in [5.74, 6) is 0.789. The first-order valence-corrected chi connectivity index (χ1v) is 6.05. The van der Waals surface area contributed by atoms with E-state index in [0.717, 1.165) is 36.3 Å². The van der Waals surface area contributed by atoms with Crippen molar-refractivity contribution in [3.8, 4) is 5.75 Å². The molecule has 0 unspecified atom stereocenters. The maximum atomic E-state index is 9.64. The highest BCUT2D eigenvalue weighted by Gasteiger charge is 2.08. The summed E-state index contributed by atoms with van der Waals surface area (Å²) in [5.41, 5.74) is 1.99. The lowest BCUT2D eigenvalue weighted by Crippen LogP contribution is -2.03. The van der Waals surface area contributed by atoms with Crippen LogP contribution in [-0.2, 0) is 4.74 Å². The molecular weight excluding hydrogens is 216 g/mol. The van der Waals surface area contributed by atoms with Crippen LogP contribution in [0.15, 0.2) is 18.2 Å². The molecule has 0 saturated carbocycles. The molecule has 96 valence electrons. The smallest absolute Gasteiger partial charge is 0.125 e. The van der Waals surface area contributed by atoms with Crippen molar-refractivity contribution >= 4 is 0 Å². The van der Waals surface area contributed by atoms with Gasteiger partial charge in [0.2, 0.25) is 0 Å². The van der Waals surface area contributed by atoms with Gasteiger partial charge < -0.3 is 14.6 Å². The van der Waals surface area contributed by atoms with Crippen molar-refractivity contribution in [1.29, 1.82) is 0 Å². The topological polar surface area (TPSA) is 38.7 Å². The van der Waals surface area contributed by atoms with E-state index in [0.29, 0.717) is 6.61 Å². The molecule has 0 aromatic heterocycles. The van der Waals surface area contributed by atoms with E-state index in [4.69, 9.17) is 9.47 Å². The number of aliphatic hydroxyl groups is 1. The minimum Gasteiger partial charge on any atom is -0.493 e. The van der Waals surface area contributed by atoms with Gasteiger partial charge in [0, 0.05) is 19.3 Å². The predicted octanol–water partition coefficient (Wildman–Crippen LogP) is 2.85. The summed E-state index contributed by atoms with van der Waals surface area (Å²) in [6, 6.07) is 5.88. The first-order valence-electron chi connectivity index (χ1n) is 6.05. The van der Waals surface area contributed by atoms with Gasteiger partial charge >= 0.3 is 0 Å². The number of aliphatic hydroxyl groups excluding tert-OH is 1. The Morgan fingerprint density at radius 2 is 1.94 bits per heavy atom. The Balaban J connectivity index is 2.53. The monoisotopic (exact) mass is 238 g/mol. The molecule has 0 heterocycles. The van der Waals surface area contributed by atoms with E-state index in [1.807, 2.05) is 25.1 Å². The number of ether oxygens (including phenoxy) is 2.